The molecule has 0 radical (unpaired) electrons. The van der Waals surface area contributed by atoms with Crippen molar-refractivity contribution in [3.05, 3.63) is 35.9 Å². The minimum Gasteiger partial charge on any atom is -0.507 e. The zero-order chi connectivity index (χ0) is 9.68. The quantitative estimate of drug-likeness (QED) is 0.743. The molecule has 1 unspecified atom stereocenters. The summed E-state index contributed by atoms with van der Waals surface area (Å²) in [5.41, 5.74) is 6.42. The zero-order valence-corrected chi connectivity index (χ0v) is 7.77. The van der Waals surface area contributed by atoms with Gasteiger partial charge in [-0.3, -0.25) is 0 Å². The number of aromatic hydroxyl groups is 1. The Morgan fingerprint density at radius 2 is 2.15 bits per heavy atom. The molecule has 0 bridgehead atoms. The van der Waals surface area contributed by atoms with Gasteiger partial charge >= 0.3 is 0 Å². The van der Waals surface area contributed by atoms with Crippen molar-refractivity contribution in [1.29, 1.82) is 0 Å². The van der Waals surface area contributed by atoms with Crippen molar-refractivity contribution < 1.29 is 5.11 Å². The Balaban J connectivity index is 2.63. The summed E-state index contributed by atoms with van der Waals surface area (Å²) in [5, 5.41) is 9.39. The van der Waals surface area contributed by atoms with E-state index in [2.05, 4.69) is 0 Å². The van der Waals surface area contributed by atoms with Crippen molar-refractivity contribution in [3.8, 4) is 5.75 Å². The Labute approximate surface area is 78.7 Å². The summed E-state index contributed by atoms with van der Waals surface area (Å²) in [6, 6.07) is 7.41. The minimum absolute atomic E-state index is 0.169. The van der Waals surface area contributed by atoms with Gasteiger partial charge in [-0.25, -0.2) is 0 Å². The molecule has 0 aliphatic heterocycles. The van der Waals surface area contributed by atoms with Gasteiger partial charge in [0.2, 0.25) is 0 Å². The summed E-state index contributed by atoms with van der Waals surface area (Å²) in [6.45, 7) is 1.95. The van der Waals surface area contributed by atoms with Crippen LogP contribution in [0.2, 0.25) is 0 Å². The molecule has 1 rings (SSSR count). The molecule has 0 saturated heterocycles. The van der Waals surface area contributed by atoms with E-state index >= 15 is 0 Å². The highest BCUT2D eigenvalue weighted by atomic mass is 16.3. The first-order valence-corrected chi connectivity index (χ1v) is 4.40. The van der Waals surface area contributed by atoms with Crippen molar-refractivity contribution in [2.75, 3.05) is 0 Å². The molecule has 0 fully saturated rings. The molecule has 0 heterocycles. The summed E-state index contributed by atoms with van der Waals surface area (Å²) in [5.74, 6) is 0.309. The molecular formula is C11H15NO. The van der Waals surface area contributed by atoms with Crippen LogP contribution in [0.3, 0.4) is 0 Å². The second-order valence-electron chi connectivity index (χ2n) is 3.17. The molecule has 70 valence electrons. The average Bonchev–Trinajstić information content (AvgIpc) is 2.08. The van der Waals surface area contributed by atoms with Crippen molar-refractivity contribution in [1.82, 2.24) is 0 Å². The van der Waals surface area contributed by atoms with Gasteiger partial charge in [0.1, 0.15) is 5.75 Å². The number of hydrogen-bond acceptors (Lipinski definition) is 2. The Morgan fingerprint density at radius 3 is 2.77 bits per heavy atom. The smallest absolute Gasteiger partial charge is 0.122 e. The Kier molecular flexibility index (Phi) is 3.53. The highest BCUT2D eigenvalue weighted by Gasteiger charge is 1.93. The standard InChI is InChI=1S/C11H15NO/c1-9(12)5-4-7-10-6-2-3-8-11(10)13/h2-4,6-9,13H,5,12H2,1H3/b7-4+. The molecular weight excluding hydrogens is 162 g/mol. The van der Waals surface area contributed by atoms with Crippen LogP contribution >= 0.6 is 0 Å². The molecule has 1 aromatic carbocycles. The fourth-order valence-corrected chi connectivity index (χ4v) is 1.04. The number of para-hydroxylation sites is 1. The monoisotopic (exact) mass is 177 g/mol. The van der Waals surface area contributed by atoms with E-state index in [0.29, 0.717) is 5.75 Å². The van der Waals surface area contributed by atoms with E-state index in [1.807, 2.05) is 31.2 Å². The van der Waals surface area contributed by atoms with E-state index < -0.39 is 0 Å². The molecule has 3 N–H and O–H groups in total. The third-order valence-electron chi connectivity index (χ3n) is 1.74. The topological polar surface area (TPSA) is 46.2 Å². The number of nitrogens with two attached hydrogens (primary N) is 1. The van der Waals surface area contributed by atoms with Gasteiger partial charge in [-0.2, -0.15) is 0 Å². The lowest BCUT2D eigenvalue weighted by Gasteiger charge is -1.99. The van der Waals surface area contributed by atoms with Crippen LogP contribution < -0.4 is 5.73 Å². The maximum absolute atomic E-state index is 9.39. The van der Waals surface area contributed by atoms with Crippen molar-refractivity contribution >= 4 is 6.08 Å². The molecule has 1 aromatic rings. The lowest BCUT2D eigenvalue weighted by atomic mass is 10.1. The fourth-order valence-electron chi connectivity index (χ4n) is 1.04. The van der Waals surface area contributed by atoms with E-state index in [-0.39, 0.29) is 6.04 Å². The van der Waals surface area contributed by atoms with Crippen LogP contribution in [-0.4, -0.2) is 11.1 Å². The van der Waals surface area contributed by atoms with Crippen LogP contribution in [0.5, 0.6) is 5.75 Å². The summed E-state index contributed by atoms with van der Waals surface area (Å²) in [6.07, 6.45) is 4.69. The van der Waals surface area contributed by atoms with E-state index in [1.165, 1.54) is 0 Å². The Hall–Kier alpha value is -1.28. The largest absolute Gasteiger partial charge is 0.507 e. The van der Waals surface area contributed by atoms with Crippen LogP contribution in [0.4, 0.5) is 0 Å². The number of phenols is 1. The SMILES string of the molecule is CC(N)C/C=C/c1ccccc1O. The van der Waals surface area contributed by atoms with Gasteiger partial charge in [0, 0.05) is 11.6 Å². The molecule has 2 heteroatoms. The van der Waals surface area contributed by atoms with E-state index in [0.717, 1.165) is 12.0 Å². The molecule has 0 saturated carbocycles. The van der Waals surface area contributed by atoms with Crippen LogP contribution in [0.1, 0.15) is 18.9 Å². The second kappa shape index (κ2) is 4.67. The predicted molar refractivity (Wildman–Crippen MR) is 55.4 cm³/mol. The van der Waals surface area contributed by atoms with Crippen LogP contribution in [-0.2, 0) is 0 Å². The number of phenolic OH excluding ortho intramolecular Hbond substituents is 1. The Morgan fingerprint density at radius 1 is 1.46 bits per heavy atom. The minimum atomic E-state index is 0.169. The first kappa shape index (κ1) is 9.81. The molecule has 13 heavy (non-hydrogen) atoms. The lowest BCUT2D eigenvalue weighted by Crippen LogP contribution is -2.12. The number of rotatable bonds is 3. The van der Waals surface area contributed by atoms with E-state index in [1.54, 1.807) is 12.1 Å². The van der Waals surface area contributed by atoms with Crippen LogP contribution in [0.25, 0.3) is 6.08 Å². The maximum atomic E-state index is 9.39. The molecule has 0 aliphatic carbocycles. The average molecular weight is 177 g/mol. The first-order chi connectivity index (χ1) is 6.20. The van der Waals surface area contributed by atoms with Gasteiger partial charge in [0.15, 0.2) is 0 Å². The third-order valence-corrected chi connectivity index (χ3v) is 1.74. The lowest BCUT2D eigenvalue weighted by molar-refractivity contribution is 0.474. The van der Waals surface area contributed by atoms with Gasteiger partial charge in [0.25, 0.3) is 0 Å². The van der Waals surface area contributed by atoms with Crippen molar-refractivity contribution in [2.24, 2.45) is 5.73 Å². The van der Waals surface area contributed by atoms with Gasteiger partial charge < -0.3 is 10.8 Å². The molecule has 0 aromatic heterocycles. The molecule has 2 nitrogen and oxygen atoms in total. The van der Waals surface area contributed by atoms with Crippen molar-refractivity contribution in [3.63, 3.8) is 0 Å². The van der Waals surface area contributed by atoms with Gasteiger partial charge in [0.05, 0.1) is 0 Å². The number of benzene rings is 1. The summed E-state index contributed by atoms with van der Waals surface area (Å²) >= 11 is 0. The second-order valence-corrected chi connectivity index (χ2v) is 3.17. The third kappa shape index (κ3) is 3.30. The molecule has 0 amide bonds. The highest BCUT2D eigenvalue weighted by molar-refractivity contribution is 5.56. The maximum Gasteiger partial charge on any atom is 0.122 e. The Bertz CT molecular complexity index is 292. The summed E-state index contributed by atoms with van der Waals surface area (Å²) < 4.78 is 0. The normalized spacial score (nSPS) is 13.4. The van der Waals surface area contributed by atoms with Gasteiger partial charge in [-0.05, 0) is 19.4 Å². The van der Waals surface area contributed by atoms with Crippen molar-refractivity contribution in [2.45, 2.75) is 19.4 Å². The summed E-state index contributed by atoms with van der Waals surface area (Å²) in [7, 11) is 0. The van der Waals surface area contributed by atoms with E-state index in [4.69, 9.17) is 5.73 Å². The summed E-state index contributed by atoms with van der Waals surface area (Å²) in [4.78, 5) is 0. The van der Waals surface area contributed by atoms with Gasteiger partial charge in [-0.15, -0.1) is 0 Å². The molecule has 1 atom stereocenters. The fraction of sp³-hybridized carbons (Fsp3) is 0.273. The molecule has 0 spiro atoms. The van der Waals surface area contributed by atoms with Gasteiger partial charge in [-0.1, -0.05) is 30.4 Å². The molecule has 0 aliphatic rings. The predicted octanol–water partition coefficient (Wildman–Crippen LogP) is 2.14. The highest BCUT2D eigenvalue weighted by Crippen LogP contribution is 2.17. The van der Waals surface area contributed by atoms with Crippen LogP contribution in [0.15, 0.2) is 30.3 Å². The number of hydrogen-bond donors (Lipinski definition) is 2. The zero-order valence-electron chi connectivity index (χ0n) is 7.77. The first-order valence-electron chi connectivity index (χ1n) is 4.40. The van der Waals surface area contributed by atoms with Crippen LogP contribution in [0, 0.1) is 0 Å². The van der Waals surface area contributed by atoms with E-state index in [9.17, 15) is 5.11 Å².